The molecule has 0 saturated heterocycles. The van der Waals surface area contributed by atoms with E-state index >= 15 is 0 Å². The van der Waals surface area contributed by atoms with Crippen molar-refractivity contribution in [1.82, 2.24) is 10.3 Å². The Labute approximate surface area is 187 Å². The number of nitrogens with one attached hydrogen (secondary N) is 2. The number of benzene rings is 2. The number of carbonyl (C=O) groups is 1. The van der Waals surface area contributed by atoms with Crippen LogP contribution >= 0.6 is 11.6 Å². The van der Waals surface area contributed by atoms with Crippen LogP contribution in [0.25, 0.3) is 22.2 Å². The molecule has 0 radical (unpaired) electrons. The number of amides is 1. The first-order valence-corrected chi connectivity index (χ1v) is 12.4. The Bertz CT molecular complexity index is 1230. The fourth-order valence-corrected chi connectivity index (χ4v) is 5.91. The normalized spacial score (nSPS) is 19.5. The van der Waals surface area contributed by atoms with E-state index in [0.717, 1.165) is 47.7 Å². The van der Waals surface area contributed by atoms with E-state index in [1.54, 1.807) is 13.1 Å². The van der Waals surface area contributed by atoms with E-state index in [0.29, 0.717) is 11.3 Å². The monoisotopic (exact) mass is 459 g/mol. The summed E-state index contributed by atoms with van der Waals surface area (Å²) in [4.78, 5) is 15.7. The lowest BCUT2D eigenvalue weighted by molar-refractivity contribution is -0.119. The second-order valence-corrected chi connectivity index (χ2v) is 10.2. The summed E-state index contributed by atoms with van der Waals surface area (Å²) in [6.07, 6.45) is 3.45. The molecule has 4 rings (SSSR count). The highest BCUT2D eigenvalue weighted by atomic mass is 35.5. The van der Waals surface area contributed by atoms with Gasteiger partial charge in [-0.3, -0.25) is 4.79 Å². The summed E-state index contributed by atoms with van der Waals surface area (Å²) in [5.74, 6) is -0.0743. The molecule has 1 fully saturated rings. The molecule has 0 unspecified atom stereocenters. The molecule has 0 spiro atoms. The molecule has 1 saturated carbocycles. The van der Waals surface area contributed by atoms with Crippen molar-refractivity contribution in [3.8, 4) is 11.3 Å². The minimum Gasteiger partial charge on any atom is -0.359 e. The third-order valence-electron chi connectivity index (χ3n) is 6.13. The number of alkyl halides is 1. The van der Waals surface area contributed by atoms with Crippen molar-refractivity contribution in [2.24, 2.45) is 5.14 Å². The first-order chi connectivity index (χ1) is 14.8. The first kappa shape index (κ1) is 21.9. The van der Waals surface area contributed by atoms with Crippen LogP contribution in [-0.2, 0) is 21.2 Å². The van der Waals surface area contributed by atoms with Crippen LogP contribution in [0.1, 0.15) is 42.7 Å². The molecule has 0 bridgehead atoms. The molecule has 2 aromatic carbocycles. The molecular formula is C23H26ClN3O3S. The summed E-state index contributed by atoms with van der Waals surface area (Å²) in [6.45, 7) is 0. The Kier molecular flexibility index (Phi) is 6.10. The number of carbonyl (C=O) groups excluding carboxylic acids is 1. The topological polar surface area (TPSA) is 105 Å². The van der Waals surface area contributed by atoms with E-state index in [-0.39, 0.29) is 28.5 Å². The van der Waals surface area contributed by atoms with Gasteiger partial charge in [0, 0.05) is 28.9 Å². The van der Waals surface area contributed by atoms with E-state index < -0.39 is 10.0 Å². The van der Waals surface area contributed by atoms with Gasteiger partial charge in [0.05, 0.1) is 17.0 Å². The maximum absolute atomic E-state index is 12.8. The summed E-state index contributed by atoms with van der Waals surface area (Å²) in [5, 5.41) is 9.42. The highest BCUT2D eigenvalue weighted by molar-refractivity contribution is 7.89. The molecule has 31 heavy (non-hydrogen) atoms. The maximum Gasteiger partial charge on any atom is 0.239 e. The molecule has 164 valence electrons. The lowest BCUT2D eigenvalue weighted by atomic mass is 9.83. The van der Waals surface area contributed by atoms with Crippen molar-refractivity contribution in [1.29, 1.82) is 0 Å². The van der Waals surface area contributed by atoms with Gasteiger partial charge >= 0.3 is 0 Å². The van der Waals surface area contributed by atoms with Crippen LogP contribution in [0.4, 0.5) is 0 Å². The average molecular weight is 460 g/mol. The molecule has 1 aromatic heterocycles. The van der Waals surface area contributed by atoms with Crippen LogP contribution in [0.5, 0.6) is 0 Å². The summed E-state index contributed by atoms with van der Waals surface area (Å²) in [6, 6.07) is 13.1. The van der Waals surface area contributed by atoms with Gasteiger partial charge in [-0.05, 0) is 48.8 Å². The molecular weight excluding hydrogens is 434 g/mol. The number of rotatable bonds is 5. The molecule has 1 aliphatic carbocycles. The summed E-state index contributed by atoms with van der Waals surface area (Å²) >= 11 is 6.27. The number of hydrogen-bond donors (Lipinski definition) is 3. The number of sulfonamides is 1. The zero-order chi connectivity index (χ0) is 22.2. The lowest BCUT2D eigenvalue weighted by Crippen LogP contribution is -2.21. The van der Waals surface area contributed by atoms with Gasteiger partial charge in [0.25, 0.3) is 0 Å². The zero-order valence-electron chi connectivity index (χ0n) is 17.3. The number of para-hydroxylation sites is 1. The maximum atomic E-state index is 12.8. The summed E-state index contributed by atoms with van der Waals surface area (Å²) < 4.78 is 25.6. The minimum atomic E-state index is -4.02. The Balaban J connectivity index is 1.95. The van der Waals surface area contributed by atoms with Crippen LogP contribution in [-0.4, -0.2) is 31.7 Å². The van der Waals surface area contributed by atoms with E-state index in [1.165, 1.54) is 0 Å². The molecule has 0 atom stereocenters. The van der Waals surface area contributed by atoms with Crippen LogP contribution < -0.4 is 10.5 Å². The van der Waals surface area contributed by atoms with Gasteiger partial charge in [0.1, 0.15) is 0 Å². The number of aromatic nitrogens is 1. The van der Waals surface area contributed by atoms with Crippen LogP contribution in [0.3, 0.4) is 0 Å². The minimum absolute atomic E-state index is 0.0787. The fraction of sp³-hybridized carbons (Fsp3) is 0.348. The van der Waals surface area contributed by atoms with Gasteiger partial charge < -0.3 is 10.3 Å². The van der Waals surface area contributed by atoms with E-state index in [1.807, 2.05) is 36.4 Å². The van der Waals surface area contributed by atoms with Gasteiger partial charge in [-0.1, -0.05) is 36.4 Å². The zero-order valence-corrected chi connectivity index (χ0v) is 18.9. The van der Waals surface area contributed by atoms with E-state index in [9.17, 15) is 13.2 Å². The number of H-pyrrole nitrogens is 1. The van der Waals surface area contributed by atoms with Crippen LogP contribution in [0.2, 0.25) is 0 Å². The number of nitrogens with two attached hydrogens (primary N) is 1. The van der Waals surface area contributed by atoms with Crippen LogP contribution in [0.15, 0.2) is 47.4 Å². The van der Waals surface area contributed by atoms with Gasteiger partial charge in [-0.15, -0.1) is 11.6 Å². The Morgan fingerprint density at radius 3 is 2.52 bits per heavy atom. The average Bonchev–Trinajstić information content (AvgIpc) is 3.11. The van der Waals surface area contributed by atoms with Gasteiger partial charge in [0.15, 0.2) is 0 Å². The molecule has 6 nitrogen and oxygen atoms in total. The third kappa shape index (κ3) is 4.35. The quantitative estimate of drug-likeness (QED) is 0.501. The highest BCUT2D eigenvalue weighted by Gasteiger charge is 2.29. The molecule has 1 amide bonds. The molecule has 0 aliphatic heterocycles. The Morgan fingerprint density at radius 2 is 1.84 bits per heavy atom. The van der Waals surface area contributed by atoms with Crippen molar-refractivity contribution in [2.75, 3.05) is 7.05 Å². The number of primary sulfonamides is 1. The summed E-state index contributed by atoms with van der Waals surface area (Å²) in [5.41, 5.74) is 3.43. The smallest absolute Gasteiger partial charge is 0.239 e. The fourth-order valence-electron chi connectivity index (χ4n) is 4.62. The Hall–Kier alpha value is -2.35. The predicted octanol–water partition coefficient (Wildman–Crippen LogP) is 4.04. The van der Waals surface area contributed by atoms with Gasteiger partial charge in [-0.2, -0.15) is 0 Å². The number of fused-ring (bicyclic) bond motifs is 1. The third-order valence-corrected chi connectivity index (χ3v) is 7.59. The predicted molar refractivity (Wildman–Crippen MR) is 124 cm³/mol. The molecule has 1 heterocycles. The van der Waals surface area contributed by atoms with Gasteiger partial charge in [-0.25, -0.2) is 13.6 Å². The molecule has 3 aromatic rings. The molecule has 8 heteroatoms. The standard InChI is InChI=1S/C23H26ClN3O3S/c1-26-21(28)13-19-17-5-2-3-8-20(17)27-22(19)18-7-4-6-16(23(18)31(25,29)30)14-9-11-15(24)12-10-14/h2-8,14-15,27H,9-13H2,1H3,(H,26,28)(H2,25,29,30). The van der Waals surface area contributed by atoms with Crippen molar-refractivity contribution in [3.05, 3.63) is 53.6 Å². The number of hydrogen-bond acceptors (Lipinski definition) is 3. The van der Waals surface area contributed by atoms with Crippen molar-refractivity contribution < 1.29 is 13.2 Å². The van der Waals surface area contributed by atoms with Crippen molar-refractivity contribution >= 4 is 38.4 Å². The lowest BCUT2D eigenvalue weighted by Gasteiger charge is -2.27. The number of halogens is 1. The van der Waals surface area contributed by atoms with Crippen molar-refractivity contribution in [3.63, 3.8) is 0 Å². The summed E-state index contributed by atoms with van der Waals surface area (Å²) in [7, 11) is -2.43. The SMILES string of the molecule is CNC(=O)Cc1c(-c2cccc(C3CCC(Cl)CC3)c2S(N)(=O)=O)[nH]c2ccccc12. The number of likely N-dealkylation sites (N-methyl/N-ethyl adjacent to an activating group) is 1. The molecule has 4 N–H and O–H groups in total. The van der Waals surface area contributed by atoms with Crippen LogP contribution in [0, 0.1) is 0 Å². The largest absolute Gasteiger partial charge is 0.359 e. The second-order valence-electron chi connectivity index (χ2n) is 8.09. The molecule has 1 aliphatic rings. The first-order valence-electron chi connectivity index (χ1n) is 10.4. The van der Waals surface area contributed by atoms with E-state index in [2.05, 4.69) is 10.3 Å². The second kappa shape index (κ2) is 8.65. The highest BCUT2D eigenvalue weighted by Crippen LogP contribution is 2.42. The van der Waals surface area contributed by atoms with E-state index in [4.69, 9.17) is 16.7 Å². The number of aromatic amines is 1. The van der Waals surface area contributed by atoms with Crippen molar-refractivity contribution in [2.45, 2.75) is 48.3 Å². The Morgan fingerprint density at radius 1 is 1.13 bits per heavy atom. The van der Waals surface area contributed by atoms with Gasteiger partial charge in [0.2, 0.25) is 15.9 Å².